The number of hydrogen-bond donors (Lipinski definition) is 1. The number of benzene rings is 4. The first kappa shape index (κ1) is 38.4. The van der Waals surface area contributed by atoms with Gasteiger partial charge in [-0.05, 0) is 136 Å². The fourth-order valence-corrected chi connectivity index (χ4v) is 8.77. The summed E-state index contributed by atoms with van der Waals surface area (Å²) in [5, 5.41) is 3.24. The van der Waals surface area contributed by atoms with Gasteiger partial charge in [0.2, 0.25) is 5.91 Å². The van der Waals surface area contributed by atoms with Crippen LogP contribution in [-0.2, 0) is 29.5 Å². The zero-order valence-corrected chi connectivity index (χ0v) is 31.5. The number of piperidine rings is 1. The molecule has 4 aromatic carbocycles. The highest BCUT2D eigenvalue weighted by Gasteiger charge is 2.42. The second-order valence-electron chi connectivity index (χ2n) is 14.4. The molecule has 1 fully saturated rings. The molecule has 0 aromatic heterocycles. The monoisotopic (exact) mass is 708 g/mol. The van der Waals surface area contributed by atoms with Gasteiger partial charge in [-0.1, -0.05) is 85.3 Å². The predicted molar refractivity (Wildman–Crippen MR) is 211 cm³/mol. The number of likely N-dealkylation sites (tertiary alicyclic amines) is 1. The number of carbonyl (C=O) groups excluding carboxylic acids is 1. The molecule has 6 rings (SSSR count). The molecule has 1 heterocycles. The lowest BCUT2D eigenvalue weighted by Crippen LogP contribution is -2.55. The van der Waals surface area contributed by atoms with E-state index < -0.39 is 0 Å². The van der Waals surface area contributed by atoms with Crippen molar-refractivity contribution >= 4 is 18.3 Å². The molecule has 0 saturated carbocycles. The van der Waals surface area contributed by atoms with Crippen LogP contribution in [0, 0.1) is 0 Å². The number of aryl methyl sites for hydroxylation is 2. The predicted octanol–water partition coefficient (Wildman–Crippen LogP) is 9.52. The Hall–Kier alpha value is -3.80. The SMILES string of the molecule is CCOc1ccc2c(c1)CCC1(CCCCN1CCCC(CCCNC(=O)CCc1ccc(OC)cc1)(c1ccccc1)c1ccccc1)C2.Cl. The molecule has 1 amide bonds. The van der Waals surface area contributed by atoms with E-state index in [0.29, 0.717) is 19.6 Å². The third-order valence-corrected chi connectivity index (χ3v) is 11.4. The van der Waals surface area contributed by atoms with Crippen molar-refractivity contribution in [1.29, 1.82) is 0 Å². The lowest BCUT2D eigenvalue weighted by atomic mass is 9.68. The Bertz CT molecular complexity index is 1610. The Morgan fingerprint density at radius 2 is 1.51 bits per heavy atom. The van der Waals surface area contributed by atoms with Crippen molar-refractivity contribution in [2.75, 3.05) is 33.4 Å². The zero-order chi connectivity index (χ0) is 34.7. The quantitative estimate of drug-likeness (QED) is 0.118. The van der Waals surface area contributed by atoms with Crippen molar-refractivity contribution in [3.8, 4) is 11.5 Å². The van der Waals surface area contributed by atoms with E-state index in [-0.39, 0.29) is 29.3 Å². The number of ether oxygens (including phenoxy) is 2. The van der Waals surface area contributed by atoms with Crippen LogP contribution in [0.15, 0.2) is 103 Å². The van der Waals surface area contributed by atoms with Gasteiger partial charge in [0.05, 0.1) is 13.7 Å². The van der Waals surface area contributed by atoms with Crippen molar-refractivity contribution in [2.24, 2.45) is 0 Å². The van der Waals surface area contributed by atoms with Gasteiger partial charge in [-0.3, -0.25) is 9.69 Å². The number of nitrogens with zero attached hydrogens (tertiary/aromatic N) is 1. The van der Waals surface area contributed by atoms with Crippen molar-refractivity contribution in [3.05, 3.63) is 131 Å². The van der Waals surface area contributed by atoms with Gasteiger partial charge in [0.25, 0.3) is 0 Å². The molecule has 1 aliphatic carbocycles. The number of amides is 1. The van der Waals surface area contributed by atoms with E-state index in [0.717, 1.165) is 68.6 Å². The van der Waals surface area contributed by atoms with Gasteiger partial charge in [0.1, 0.15) is 11.5 Å². The maximum Gasteiger partial charge on any atom is 0.220 e. The van der Waals surface area contributed by atoms with Crippen LogP contribution in [0.25, 0.3) is 0 Å². The summed E-state index contributed by atoms with van der Waals surface area (Å²) in [6.07, 6.45) is 12.8. The number of methoxy groups -OCH3 is 1. The maximum absolute atomic E-state index is 12.9. The molecule has 6 heteroatoms. The average Bonchev–Trinajstić information content (AvgIpc) is 3.17. The third kappa shape index (κ3) is 9.55. The van der Waals surface area contributed by atoms with Crippen LogP contribution in [0.3, 0.4) is 0 Å². The maximum atomic E-state index is 12.9. The van der Waals surface area contributed by atoms with E-state index >= 15 is 0 Å². The first-order chi connectivity index (χ1) is 24.5. The Morgan fingerprint density at radius 3 is 2.20 bits per heavy atom. The van der Waals surface area contributed by atoms with Crippen LogP contribution in [-0.4, -0.2) is 49.7 Å². The molecule has 1 atom stereocenters. The fraction of sp³-hybridized carbons (Fsp3) is 0.444. The van der Waals surface area contributed by atoms with Crippen molar-refractivity contribution < 1.29 is 14.3 Å². The summed E-state index contributed by atoms with van der Waals surface area (Å²) in [7, 11) is 1.67. The summed E-state index contributed by atoms with van der Waals surface area (Å²) in [6.45, 7) is 5.77. The highest BCUT2D eigenvalue weighted by atomic mass is 35.5. The minimum Gasteiger partial charge on any atom is -0.497 e. The molecular weight excluding hydrogens is 652 g/mol. The molecule has 51 heavy (non-hydrogen) atoms. The highest BCUT2D eigenvalue weighted by molar-refractivity contribution is 5.85. The first-order valence-corrected chi connectivity index (χ1v) is 19.0. The molecule has 1 unspecified atom stereocenters. The van der Waals surface area contributed by atoms with Crippen LogP contribution < -0.4 is 14.8 Å². The zero-order valence-electron chi connectivity index (χ0n) is 30.7. The van der Waals surface area contributed by atoms with Gasteiger partial charge in [0.15, 0.2) is 0 Å². The van der Waals surface area contributed by atoms with Gasteiger partial charge in [-0.25, -0.2) is 0 Å². The first-order valence-electron chi connectivity index (χ1n) is 19.0. The van der Waals surface area contributed by atoms with E-state index in [9.17, 15) is 4.79 Å². The highest BCUT2D eigenvalue weighted by Crippen LogP contribution is 2.44. The largest absolute Gasteiger partial charge is 0.497 e. The number of nitrogens with one attached hydrogen (secondary N) is 1. The van der Waals surface area contributed by atoms with E-state index in [1.54, 1.807) is 7.11 Å². The molecule has 5 nitrogen and oxygen atoms in total. The average molecular weight is 709 g/mol. The minimum absolute atomic E-state index is 0. The lowest BCUT2D eigenvalue weighted by Gasteiger charge is -2.50. The molecule has 0 radical (unpaired) electrons. The molecule has 0 bridgehead atoms. The van der Waals surface area contributed by atoms with E-state index in [2.05, 4.69) is 96.0 Å². The Morgan fingerprint density at radius 1 is 0.824 bits per heavy atom. The molecule has 2 aliphatic rings. The van der Waals surface area contributed by atoms with E-state index in [1.807, 2.05) is 24.3 Å². The van der Waals surface area contributed by atoms with Gasteiger partial charge in [-0.15, -0.1) is 12.4 Å². The number of halogens is 1. The van der Waals surface area contributed by atoms with Gasteiger partial charge in [-0.2, -0.15) is 0 Å². The molecule has 272 valence electrons. The number of fused-ring (bicyclic) bond motifs is 1. The molecular formula is C45H57ClN2O3. The van der Waals surface area contributed by atoms with Crippen LogP contribution in [0.1, 0.15) is 92.5 Å². The summed E-state index contributed by atoms with van der Waals surface area (Å²) < 4.78 is 11.1. The smallest absolute Gasteiger partial charge is 0.220 e. The molecule has 4 aromatic rings. The number of rotatable bonds is 16. The summed E-state index contributed by atoms with van der Waals surface area (Å²) in [4.78, 5) is 15.7. The van der Waals surface area contributed by atoms with E-state index in [4.69, 9.17) is 9.47 Å². The summed E-state index contributed by atoms with van der Waals surface area (Å²) in [6, 6.07) is 37.0. The van der Waals surface area contributed by atoms with Crippen LogP contribution in [0.4, 0.5) is 0 Å². The second kappa shape index (κ2) is 18.6. The standard InChI is InChI=1S/C45H56N2O3.ClH/c1-3-50-42-24-21-38-35-44(30-26-37(38)34-42)27-10-11-32-47(44)33-13-29-45(39-14-6-4-7-15-39,40-16-8-5-9-17-40)28-12-31-46-43(48)25-20-36-18-22-41(49-2)23-19-36;/h4-9,14-19,21-24,34H,3,10-13,20,25-33,35H2,1-2H3,(H,46,48);1H. The summed E-state index contributed by atoms with van der Waals surface area (Å²) in [5.74, 6) is 1.96. The van der Waals surface area contributed by atoms with Gasteiger partial charge in [0, 0.05) is 23.9 Å². The second-order valence-corrected chi connectivity index (χ2v) is 14.4. The topological polar surface area (TPSA) is 50.8 Å². The summed E-state index contributed by atoms with van der Waals surface area (Å²) >= 11 is 0. The molecule has 1 saturated heterocycles. The van der Waals surface area contributed by atoms with Crippen molar-refractivity contribution in [2.45, 2.75) is 94.9 Å². The normalized spacial score (nSPS) is 17.3. The fourth-order valence-electron chi connectivity index (χ4n) is 8.77. The third-order valence-electron chi connectivity index (χ3n) is 11.4. The summed E-state index contributed by atoms with van der Waals surface area (Å²) in [5.41, 5.74) is 7.04. The van der Waals surface area contributed by atoms with Crippen LogP contribution in [0.2, 0.25) is 0 Å². The minimum atomic E-state index is -0.117. The van der Waals surface area contributed by atoms with E-state index in [1.165, 1.54) is 54.5 Å². The van der Waals surface area contributed by atoms with Crippen LogP contribution >= 0.6 is 12.4 Å². The number of carbonyl (C=O) groups is 1. The molecule has 1 spiro atoms. The van der Waals surface area contributed by atoms with Crippen molar-refractivity contribution in [1.82, 2.24) is 10.2 Å². The Labute approximate surface area is 312 Å². The van der Waals surface area contributed by atoms with Crippen LogP contribution in [0.5, 0.6) is 11.5 Å². The number of hydrogen-bond acceptors (Lipinski definition) is 4. The molecule has 1 N–H and O–H groups in total. The van der Waals surface area contributed by atoms with Crippen molar-refractivity contribution in [3.63, 3.8) is 0 Å². The van der Waals surface area contributed by atoms with Gasteiger partial charge < -0.3 is 14.8 Å². The Balaban J connectivity index is 0.00000504. The Kier molecular flexibility index (Phi) is 14.0. The van der Waals surface area contributed by atoms with Gasteiger partial charge >= 0.3 is 0 Å². The lowest BCUT2D eigenvalue weighted by molar-refractivity contribution is -0.121. The molecule has 1 aliphatic heterocycles.